The third kappa shape index (κ3) is 4.68. The minimum Gasteiger partial charge on any atom is -0.469 e. The standard InChI is InChI=1S/C7H14N2O3/c1-5(3-7(11)12-2)9-6(10)4-8/h5H,3-4,8H2,1-2H3,(H,9,10)/t5-/m1/s1. The smallest absolute Gasteiger partial charge is 0.307 e. The van der Waals surface area contributed by atoms with E-state index in [0.717, 1.165) is 0 Å². The molecule has 5 heteroatoms. The molecule has 0 aliphatic heterocycles. The second-order valence-corrected chi connectivity index (χ2v) is 2.45. The third-order valence-electron chi connectivity index (χ3n) is 1.29. The zero-order valence-electron chi connectivity index (χ0n) is 7.29. The molecule has 0 aliphatic carbocycles. The summed E-state index contributed by atoms with van der Waals surface area (Å²) >= 11 is 0. The van der Waals surface area contributed by atoms with Gasteiger partial charge in [0.25, 0.3) is 0 Å². The Balaban J connectivity index is 3.66. The summed E-state index contributed by atoms with van der Waals surface area (Å²) in [6, 6.07) is -0.228. The van der Waals surface area contributed by atoms with E-state index in [0.29, 0.717) is 0 Å². The minimum absolute atomic E-state index is 0.0640. The Labute approximate surface area is 71.3 Å². The van der Waals surface area contributed by atoms with Gasteiger partial charge in [0.05, 0.1) is 20.1 Å². The van der Waals surface area contributed by atoms with Crippen molar-refractivity contribution in [2.24, 2.45) is 5.73 Å². The number of ether oxygens (including phenoxy) is 1. The van der Waals surface area contributed by atoms with Gasteiger partial charge in [0, 0.05) is 6.04 Å². The van der Waals surface area contributed by atoms with Crippen LogP contribution in [0.5, 0.6) is 0 Å². The van der Waals surface area contributed by atoms with E-state index in [9.17, 15) is 9.59 Å². The van der Waals surface area contributed by atoms with Gasteiger partial charge in [0.1, 0.15) is 0 Å². The van der Waals surface area contributed by atoms with Crippen LogP contribution >= 0.6 is 0 Å². The lowest BCUT2D eigenvalue weighted by Gasteiger charge is -2.10. The van der Waals surface area contributed by atoms with E-state index >= 15 is 0 Å². The van der Waals surface area contributed by atoms with Crippen LogP contribution in [-0.2, 0) is 14.3 Å². The van der Waals surface area contributed by atoms with Crippen LogP contribution in [0.4, 0.5) is 0 Å². The average Bonchev–Trinajstić information content (AvgIpc) is 2.03. The van der Waals surface area contributed by atoms with E-state index in [4.69, 9.17) is 5.73 Å². The average molecular weight is 174 g/mol. The van der Waals surface area contributed by atoms with Crippen molar-refractivity contribution >= 4 is 11.9 Å². The number of rotatable bonds is 4. The zero-order chi connectivity index (χ0) is 9.56. The molecule has 0 unspecified atom stereocenters. The maximum atomic E-state index is 10.7. The number of carbonyl (C=O) groups is 2. The van der Waals surface area contributed by atoms with E-state index in [1.54, 1.807) is 6.92 Å². The maximum absolute atomic E-state index is 10.7. The fraction of sp³-hybridized carbons (Fsp3) is 0.714. The van der Waals surface area contributed by atoms with Gasteiger partial charge in [-0.25, -0.2) is 0 Å². The van der Waals surface area contributed by atoms with E-state index in [1.807, 2.05) is 0 Å². The quantitative estimate of drug-likeness (QED) is 0.536. The molecule has 5 nitrogen and oxygen atoms in total. The van der Waals surface area contributed by atoms with Gasteiger partial charge >= 0.3 is 5.97 Å². The van der Waals surface area contributed by atoms with Gasteiger partial charge in [-0.15, -0.1) is 0 Å². The van der Waals surface area contributed by atoms with Gasteiger partial charge in [-0.05, 0) is 6.92 Å². The Morgan fingerprint density at radius 1 is 1.58 bits per heavy atom. The normalized spacial score (nSPS) is 11.9. The Bertz CT molecular complexity index is 152. The summed E-state index contributed by atoms with van der Waals surface area (Å²) in [4.78, 5) is 21.4. The molecule has 70 valence electrons. The highest BCUT2D eigenvalue weighted by molar-refractivity contribution is 5.79. The van der Waals surface area contributed by atoms with Crippen LogP contribution in [0, 0.1) is 0 Å². The van der Waals surface area contributed by atoms with Gasteiger partial charge < -0.3 is 15.8 Å². The fourth-order valence-corrected chi connectivity index (χ4v) is 0.718. The third-order valence-corrected chi connectivity index (χ3v) is 1.29. The molecular weight excluding hydrogens is 160 g/mol. The van der Waals surface area contributed by atoms with Crippen molar-refractivity contribution in [3.05, 3.63) is 0 Å². The van der Waals surface area contributed by atoms with Gasteiger partial charge in [-0.3, -0.25) is 9.59 Å². The Hall–Kier alpha value is -1.10. The topological polar surface area (TPSA) is 81.4 Å². The molecule has 1 amide bonds. The molecule has 0 heterocycles. The molecule has 0 saturated heterocycles. The number of esters is 1. The molecule has 0 radical (unpaired) electrons. The van der Waals surface area contributed by atoms with Gasteiger partial charge in [0.2, 0.25) is 5.91 Å². The summed E-state index contributed by atoms with van der Waals surface area (Å²) < 4.78 is 4.41. The lowest BCUT2D eigenvalue weighted by molar-refractivity contribution is -0.141. The Morgan fingerprint density at radius 2 is 2.17 bits per heavy atom. The number of amides is 1. The molecule has 0 spiro atoms. The molecule has 0 rings (SSSR count). The van der Waals surface area contributed by atoms with Crippen LogP contribution in [0.3, 0.4) is 0 Å². The van der Waals surface area contributed by atoms with Gasteiger partial charge in [-0.2, -0.15) is 0 Å². The monoisotopic (exact) mass is 174 g/mol. The molecule has 12 heavy (non-hydrogen) atoms. The van der Waals surface area contributed by atoms with E-state index < -0.39 is 0 Å². The summed E-state index contributed by atoms with van der Waals surface area (Å²) in [6.45, 7) is 1.65. The number of hydrogen-bond donors (Lipinski definition) is 2. The lowest BCUT2D eigenvalue weighted by atomic mass is 10.2. The summed E-state index contributed by atoms with van der Waals surface area (Å²) in [5.74, 6) is -0.619. The van der Waals surface area contributed by atoms with Crippen molar-refractivity contribution < 1.29 is 14.3 Å². The van der Waals surface area contributed by atoms with Crippen molar-refractivity contribution in [1.29, 1.82) is 0 Å². The highest BCUT2D eigenvalue weighted by Crippen LogP contribution is 1.91. The second-order valence-electron chi connectivity index (χ2n) is 2.45. The zero-order valence-corrected chi connectivity index (χ0v) is 7.29. The number of hydrogen-bond acceptors (Lipinski definition) is 4. The summed E-state index contributed by atoms with van der Waals surface area (Å²) in [6.07, 6.45) is 0.169. The fourth-order valence-electron chi connectivity index (χ4n) is 0.718. The number of nitrogens with two attached hydrogens (primary N) is 1. The van der Waals surface area contributed by atoms with Crippen LogP contribution in [0.15, 0.2) is 0 Å². The first-order valence-corrected chi connectivity index (χ1v) is 3.66. The van der Waals surface area contributed by atoms with E-state index in [2.05, 4.69) is 10.1 Å². The Morgan fingerprint density at radius 3 is 2.58 bits per heavy atom. The summed E-state index contributed by atoms with van der Waals surface area (Å²) in [5, 5.41) is 2.53. The van der Waals surface area contributed by atoms with E-state index in [1.165, 1.54) is 7.11 Å². The Kier molecular flexibility index (Phi) is 5.03. The van der Waals surface area contributed by atoms with Crippen LogP contribution in [0.25, 0.3) is 0 Å². The SMILES string of the molecule is COC(=O)C[C@@H](C)NC(=O)CN. The van der Waals surface area contributed by atoms with E-state index in [-0.39, 0.29) is 30.9 Å². The molecule has 0 aliphatic rings. The highest BCUT2D eigenvalue weighted by Gasteiger charge is 2.10. The molecule has 0 aromatic heterocycles. The van der Waals surface area contributed by atoms with Crippen molar-refractivity contribution in [3.63, 3.8) is 0 Å². The van der Waals surface area contributed by atoms with Crippen LogP contribution in [0.1, 0.15) is 13.3 Å². The van der Waals surface area contributed by atoms with Crippen molar-refractivity contribution in [2.45, 2.75) is 19.4 Å². The second kappa shape index (κ2) is 5.54. The molecule has 0 saturated carbocycles. The first-order chi connectivity index (χ1) is 5.60. The van der Waals surface area contributed by atoms with Crippen molar-refractivity contribution in [2.75, 3.05) is 13.7 Å². The molecule has 3 N–H and O–H groups in total. The van der Waals surface area contributed by atoms with Gasteiger partial charge in [0.15, 0.2) is 0 Å². The molecule has 0 fully saturated rings. The summed E-state index contributed by atoms with van der Waals surface area (Å²) in [5.41, 5.74) is 5.06. The molecule has 0 aromatic rings. The first kappa shape index (κ1) is 10.9. The largest absolute Gasteiger partial charge is 0.469 e. The predicted molar refractivity (Wildman–Crippen MR) is 43.3 cm³/mol. The number of carbonyl (C=O) groups excluding carboxylic acids is 2. The summed E-state index contributed by atoms with van der Waals surface area (Å²) in [7, 11) is 1.31. The van der Waals surface area contributed by atoms with Gasteiger partial charge in [-0.1, -0.05) is 0 Å². The number of methoxy groups -OCH3 is 1. The van der Waals surface area contributed by atoms with Crippen LogP contribution in [-0.4, -0.2) is 31.6 Å². The molecule has 0 aromatic carbocycles. The van der Waals surface area contributed by atoms with Crippen LogP contribution in [0.2, 0.25) is 0 Å². The molecular formula is C7H14N2O3. The minimum atomic E-state index is -0.347. The molecule has 0 bridgehead atoms. The first-order valence-electron chi connectivity index (χ1n) is 3.66. The van der Waals surface area contributed by atoms with Crippen molar-refractivity contribution in [3.8, 4) is 0 Å². The van der Waals surface area contributed by atoms with Crippen molar-refractivity contribution in [1.82, 2.24) is 5.32 Å². The predicted octanol–water partition coefficient (Wildman–Crippen LogP) is -0.987. The maximum Gasteiger partial charge on any atom is 0.307 e. The lowest BCUT2D eigenvalue weighted by Crippen LogP contribution is -2.38. The van der Waals surface area contributed by atoms with Crippen LogP contribution < -0.4 is 11.1 Å². The molecule has 1 atom stereocenters. The highest BCUT2D eigenvalue weighted by atomic mass is 16.5. The number of nitrogens with one attached hydrogen (secondary N) is 1.